The maximum Gasteiger partial charge on any atom is 0.287 e. The van der Waals surface area contributed by atoms with E-state index in [1.807, 2.05) is 30.5 Å². The van der Waals surface area contributed by atoms with Crippen molar-refractivity contribution in [2.75, 3.05) is 13.3 Å². The molecule has 1 aromatic carbocycles. The highest BCUT2D eigenvalue weighted by atomic mass is 32.2. The van der Waals surface area contributed by atoms with Gasteiger partial charge in [0.2, 0.25) is 5.91 Å². The highest BCUT2D eigenvalue weighted by molar-refractivity contribution is 7.98. The molecule has 1 heterocycles. The summed E-state index contributed by atoms with van der Waals surface area (Å²) in [6.07, 6.45) is 3.44. The number of hydrogen-bond acceptors (Lipinski definition) is 4. The van der Waals surface area contributed by atoms with Gasteiger partial charge in [-0.2, -0.15) is 0 Å². The zero-order chi connectivity index (χ0) is 16.8. The molecule has 2 amide bonds. The summed E-state index contributed by atoms with van der Waals surface area (Å²) in [4.78, 5) is 27.0. The SMILES string of the molecule is CSc1ccc(CN(C)C(=O)[C@H](C)NC(=O)c2ccco2)cc1. The molecule has 1 aromatic heterocycles. The Morgan fingerprint density at radius 2 is 1.96 bits per heavy atom. The van der Waals surface area contributed by atoms with Crippen LogP contribution in [0.3, 0.4) is 0 Å². The summed E-state index contributed by atoms with van der Waals surface area (Å²) in [7, 11) is 1.72. The summed E-state index contributed by atoms with van der Waals surface area (Å²) < 4.78 is 5.01. The van der Waals surface area contributed by atoms with E-state index < -0.39 is 11.9 Å². The number of rotatable bonds is 6. The van der Waals surface area contributed by atoms with Gasteiger partial charge in [-0.05, 0) is 43.0 Å². The molecule has 122 valence electrons. The maximum atomic E-state index is 12.4. The first-order valence-corrected chi connectivity index (χ1v) is 8.46. The Labute approximate surface area is 140 Å². The van der Waals surface area contributed by atoms with Crippen LogP contribution in [0, 0.1) is 0 Å². The van der Waals surface area contributed by atoms with E-state index in [0.29, 0.717) is 6.54 Å². The minimum atomic E-state index is -0.622. The number of carbonyl (C=O) groups is 2. The molecule has 0 aliphatic carbocycles. The Balaban J connectivity index is 1.91. The predicted octanol–water partition coefficient (Wildman–Crippen LogP) is 2.78. The van der Waals surface area contributed by atoms with E-state index in [2.05, 4.69) is 5.32 Å². The molecule has 2 rings (SSSR count). The fourth-order valence-electron chi connectivity index (χ4n) is 2.15. The fourth-order valence-corrected chi connectivity index (χ4v) is 2.56. The molecule has 2 aromatic rings. The summed E-state index contributed by atoms with van der Waals surface area (Å²) >= 11 is 1.68. The van der Waals surface area contributed by atoms with Crippen molar-refractivity contribution < 1.29 is 14.0 Å². The Morgan fingerprint density at radius 3 is 2.52 bits per heavy atom. The second-order valence-corrected chi connectivity index (χ2v) is 6.09. The molecule has 1 atom stereocenters. The van der Waals surface area contributed by atoms with Crippen LogP contribution in [0.1, 0.15) is 23.0 Å². The van der Waals surface area contributed by atoms with Gasteiger partial charge < -0.3 is 14.6 Å². The van der Waals surface area contributed by atoms with E-state index in [9.17, 15) is 9.59 Å². The third-order valence-electron chi connectivity index (χ3n) is 3.42. The molecule has 23 heavy (non-hydrogen) atoms. The number of nitrogens with one attached hydrogen (secondary N) is 1. The molecule has 0 aliphatic heterocycles. The van der Waals surface area contributed by atoms with Crippen molar-refractivity contribution in [3.8, 4) is 0 Å². The molecular weight excluding hydrogens is 312 g/mol. The third-order valence-corrected chi connectivity index (χ3v) is 4.16. The summed E-state index contributed by atoms with van der Waals surface area (Å²) in [6.45, 7) is 2.16. The quantitative estimate of drug-likeness (QED) is 0.826. The van der Waals surface area contributed by atoms with Crippen molar-refractivity contribution in [1.29, 1.82) is 0 Å². The lowest BCUT2D eigenvalue weighted by Crippen LogP contribution is -2.45. The van der Waals surface area contributed by atoms with Crippen molar-refractivity contribution in [1.82, 2.24) is 10.2 Å². The van der Waals surface area contributed by atoms with Crippen LogP contribution in [0.4, 0.5) is 0 Å². The van der Waals surface area contributed by atoms with E-state index in [-0.39, 0.29) is 11.7 Å². The number of hydrogen-bond donors (Lipinski definition) is 1. The summed E-state index contributed by atoms with van der Waals surface area (Å²) in [6, 6.07) is 10.6. The van der Waals surface area contributed by atoms with Crippen molar-refractivity contribution in [3.05, 3.63) is 54.0 Å². The standard InChI is InChI=1S/C17H20N2O3S/c1-12(18-16(20)15-5-4-10-22-15)17(21)19(2)11-13-6-8-14(23-3)9-7-13/h4-10,12H,11H2,1-3H3,(H,18,20)/t12-/m0/s1. The number of nitrogens with zero attached hydrogens (tertiary/aromatic N) is 1. The van der Waals surface area contributed by atoms with Gasteiger partial charge in [0.15, 0.2) is 5.76 Å². The summed E-state index contributed by atoms with van der Waals surface area (Å²) in [5.41, 5.74) is 1.04. The zero-order valence-electron chi connectivity index (χ0n) is 13.4. The average molecular weight is 332 g/mol. The molecule has 0 fully saturated rings. The fraction of sp³-hybridized carbons (Fsp3) is 0.294. The number of benzene rings is 1. The molecule has 0 aliphatic rings. The first kappa shape index (κ1) is 17.1. The molecule has 0 bridgehead atoms. The lowest BCUT2D eigenvalue weighted by atomic mass is 10.2. The number of likely N-dealkylation sites (N-methyl/N-ethyl adjacent to an activating group) is 1. The van der Waals surface area contributed by atoms with Crippen LogP contribution in [0.15, 0.2) is 52.0 Å². The lowest BCUT2D eigenvalue weighted by molar-refractivity contribution is -0.132. The lowest BCUT2D eigenvalue weighted by Gasteiger charge is -2.22. The number of amides is 2. The highest BCUT2D eigenvalue weighted by Crippen LogP contribution is 2.15. The number of thioether (sulfide) groups is 1. The third kappa shape index (κ3) is 4.63. The zero-order valence-corrected chi connectivity index (χ0v) is 14.2. The first-order chi connectivity index (χ1) is 11.0. The van der Waals surface area contributed by atoms with Gasteiger partial charge in [0.05, 0.1) is 6.26 Å². The molecule has 5 nitrogen and oxygen atoms in total. The minimum Gasteiger partial charge on any atom is -0.459 e. The molecular formula is C17H20N2O3S. The van der Waals surface area contributed by atoms with Crippen LogP contribution in [0.5, 0.6) is 0 Å². The molecule has 0 radical (unpaired) electrons. The number of carbonyl (C=O) groups excluding carboxylic acids is 2. The Kier molecular flexibility index (Phi) is 5.87. The van der Waals surface area contributed by atoms with Crippen LogP contribution in [-0.2, 0) is 11.3 Å². The average Bonchev–Trinajstić information content (AvgIpc) is 3.09. The largest absolute Gasteiger partial charge is 0.459 e. The number of furan rings is 1. The van der Waals surface area contributed by atoms with E-state index >= 15 is 0 Å². The first-order valence-electron chi connectivity index (χ1n) is 7.23. The van der Waals surface area contributed by atoms with Crippen LogP contribution < -0.4 is 5.32 Å². The van der Waals surface area contributed by atoms with Crippen molar-refractivity contribution in [3.63, 3.8) is 0 Å². The van der Waals surface area contributed by atoms with E-state index in [1.165, 1.54) is 11.2 Å². The van der Waals surface area contributed by atoms with Gasteiger partial charge in [0.25, 0.3) is 5.91 Å². The summed E-state index contributed by atoms with van der Waals surface area (Å²) in [5.74, 6) is -0.354. The Morgan fingerprint density at radius 1 is 1.26 bits per heavy atom. The van der Waals surface area contributed by atoms with Gasteiger partial charge in [0, 0.05) is 18.5 Å². The molecule has 0 unspecified atom stereocenters. The van der Waals surface area contributed by atoms with Gasteiger partial charge in [-0.15, -0.1) is 11.8 Å². The molecule has 0 spiro atoms. The Hall–Kier alpha value is -2.21. The predicted molar refractivity (Wildman–Crippen MR) is 90.3 cm³/mol. The molecule has 0 saturated carbocycles. The van der Waals surface area contributed by atoms with E-state index in [4.69, 9.17) is 4.42 Å². The monoisotopic (exact) mass is 332 g/mol. The second-order valence-electron chi connectivity index (χ2n) is 5.21. The second kappa shape index (κ2) is 7.87. The van der Waals surface area contributed by atoms with Gasteiger partial charge in [-0.25, -0.2) is 0 Å². The van der Waals surface area contributed by atoms with Gasteiger partial charge in [-0.1, -0.05) is 12.1 Å². The Bertz CT molecular complexity index is 653. The van der Waals surface area contributed by atoms with Gasteiger partial charge >= 0.3 is 0 Å². The van der Waals surface area contributed by atoms with Crippen LogP contribution in [-0.4, -0.2) is 36.1 Å². The van der Waals surface area contributed by atoms with Crippen LogP contribution in [0.25, 0.3) is 0 Å². The molecule has 6 heteroatoms. The normalized spacial score (nSPS) is 11.8. The topological polar surface area (TPSA) is 62.6 Å². The molecule has 1 N–H and O–H groups in total. The van der Waals surface area contributed by atoms with E-state index in [1.54, 1.807) is 42.8 Å². The van der Waals surface area contributed by atoms with Crippen molar-refractivity contribution >= 4 is 23.6 Å². The smallest absolute Gasteiger partial charge is 0.287 e. The van der Waals surface area contributed by atoms with E-state index in [0.717, 1.165) is 5.56 Å². The molecule has 0 saturated heterocycles. The minimum absolute atomic E-state index is 0.154. The van der Waals surface area contributed by atoms with Crippen molar-refractivity contribution in [2.24, 2.45) is 0 Å². The van der Waals surface area contributed by atoms with Gasteiger partial charge in [-0.3, -0.25) is 9.59 Å². The van der Waals surface area contributed by atoms with Crippen LogP contribution >= 0.6 is 11.8 Å². The van der Waals surface area contributed by atoms with Crippen LogP contribution in [0.2, 0.25) is 0 Å². The maximum absolute atomic E-state index is 12.4. The highest BCUT2D eigenvalue weighted by Gasteiger charge is 2.21. The van der Waals surface area contributed by atoms with Crippen molar-refractivity contribution in [2.45, 2.75) is 24.4 Å². The van der Waals surface area contributed by atoms with Gasteiger partial charge in [0.1, 0.15) is 6.04 Å². The summed E-state index contributed by atoms with van der Waals surface area (Å²) in [5, 5.41) is 2.64.